The second kappa shape index (κ2) is 9.53. The van der Waals surface area contributed by atoms with Crippen LogP contribution in [0.25, 0.3) is 6.08 Å². The quantitative estimate of drug-likeness (QED) is 0.123. The highest BCUT2D eigenvalue weighted by molar-refractivity contribution is 14.1. The van der Waals surface area contributed by atoms with Crippen LogP contribution in [-0.4, -0.2) is 23.1 Å². The number of nitro benzene ring substituents is 1. The molecular weight excluding hydrogens is 537 g/mol. The van der Waals surface area contributed by atoms with E-state index in [1.807, 2.05) is 6.92 Å². The van der Waals surface area contributed by atoms with Crippen molar-refractivity contribution in [3.63, 3.8) is 0 Å². The largest absolute Gasteiger partial charge is 0.490 e. The molecule has 0 aliphatic heterocycles. The molecule has 1 aliphatic carbocycles. The molecule has 0 atom stereocenters. The molecule has 0 amide bonds. The molecule has 3 aromatic rings. The summed E-state index contributed by atoms with van der Waals surface area (Å²) >= 11 is 2.10. The summed E-state index contributed by atoms with van der Waals surface area (Å²) in [5.41, 5.74) is 2.20. The number of carbonyl (C=O) groups is 2. The Morgan fingerprint density at radius 2 is 1.67 bits per heavy atom. The van der Waals surface area contributed by atoms with E-state index in [1.54, 1.807) is 54.6 Å². The lowest BCUT2D eigenvalue weighted by Gasteiger charge is -2.15. The summed E-state index contributed by atoms with van der Waals surface area (Å²) in [5, 5.41) is 11.0. The Labute approximate surface area is 203 Å². The van der Waals surface area contributed by atoms with Crippen molar-refractivity contribution in [2.45, 2.75) is 13.5 Å². The van der Waals surface area contributed by atoms with Crippen molar-refractivity contribution in [3.05, 3.63) is 102 Å². The number of rotatable bonds is 7. The lowest BCUT2D eigenvalue weighted by atomic mass is 10.1. The van der Waals surface area contributed by atoms with Gasteiger partial charge in [0, 0.05) is 23.3 Å². The third-order valence-electron chi connectivity index (χ3n) is 5.05. The van der Waals surface area contributed by atoms with Crippen LogP contribution in [0.4, 0.5) is 5.69 Å². The molecule has 0 fully saturated rings. The average Bonchev–Trinajstić information content (AvgIpc) is 3.04. The monoisotopic (exact) mass is 555 g/mol. The van der Waals surface area contributed by atoms with Crippen LogP contribution in [-0.2, 0) is 6.61 Å². The maximum absolute atomic E-state index is 12.7. The number of Topliss-reactive ketones (excluding diaryl/α,β-unsaturated/α-hetero) is 2. The molecule has 8 heteroatoms. The molecule has 3 aromatic carbocycles. The number of ketones is 2. The van der Waals surface area contributed by atoms with E-state index in [1.165, 1.54) is 12.1 Å². The molecular formula is C25H18INO6. The third-order valence-corrected chi connectivity index (χ3v) is 5.85. The number of nitro groups is 1. The van der Waals surface area contributed by atoms with Crippen molar-refractivity contribution in [1.29, 1.82) is 0 Å². The summed E-state index contributed by atoms with van der Waals surface area (Å²) in [7, 11) is 0. The number of allylic oxidation sites excluding steroid dienone is 1. The fraction of sp³-hybridized carbons (Fsp3) is 0.120. The van der Waals surface area contributed by atoms with Crippen LogP contribution in [0.15, 0.2) is 66.2 Å². The lowest BCUT2D eigenvalue weighted by molar-refractivity contribution is -0.384. The Bertz CT molecular complexity index is 1280. The first-order valence-electron chi connectivity index (χ1n) is 10.1. The highest BCUT2D eigenvalue weighted by Crippen LogP contribution is 2.36. The van der Waals surface area contributed by atoms with Crippen LogP contribution < -0.4 is 9.47 Å². The summed E-state index contributed by atoms with van der Waals surface area (Å²) in [6, 6.07) is 16.5. The van der Waals surface area contributed by atoms with Gasteiger partial charge in [0.2, 0.25) is 0 Å². The van der Waals surface area contributed by atoms with Gasteiger partial charge in [-0.25, -0.2) is 0 Å². The van der Waals surface area contributed by atoms with Crippen LogP contribution in [0.1, 0.15) is 38.8 Å². The van der Waals surface area contributed by atoms with Gasteiger partial charge in [0.05, 0.1) is 20.7 Å². The van der Waals surface area contributed by atoms with Crippen LogP contribution in [0.3, 0.4) is 0 Å². The number of ether oxygens (including phenoxy) is 2. The molecule has 0 saturated carbocycles. The van der Waals surface area contributed by atoms with E-state index in [0.29, 0.717) is 43.9 Å². The van der Waals surface area contributed by atoms with E-state index in [9.17, 15) is 19.7 Å². The SMILES string of the molecule is CCOc1cc(C=C2C(=O)c3ccccc3C2=O)cc(I)c1OCc1cccc([N+](=O)[O-])c1. The standard InChI is InChI=1S/C25H18INO6/c1-2-32-22-13-16(11-20-23(28)18-8-3-4-9-19(18)24(20)29)12-21(26)25(22)33-14-15-6-5-7-17(10-15)27(30)31/h3-13H,2,14H2,1H3. The van der Waals surface area contributed by atoms with Crippen molar-refractivity contribution < 1.29 is 24.0 Å². The zero-order valence-electron chi connectivity index (χ0n) is 17.5. The van der Waals surface area contributed by atoms with Gasteiger partial charge in [-0.1, -0.05) is 36.4 Å². The van der Waals surface area contributed by atoms with Crippen molar-refractivity contribution in [1.82, 2.24) is 0 Å². The van der Waals surface area contributed by atoms with E-state index in [0.717, 1.165) is 0 Å². The molecule has 0 saturated heterocycles. The smallest absolute Gasteiger partial charge is 0.269 e. The normalized spacial score (nSPS) is 12.5. The minimum absolute atomic E-state index is 0.00954. The van der Waals surface area contributed by atoms with E-state index in [2.05, 4.69) is 22.6 Å². The average molecular weight is 555 g/mol. The number of nitrogens with zero attached hydrogens (tertiary/aromatic N) is 1. The number of halogens is 1. The van der Waals surface area contributed by atoms with Crippen molar-refractivity contribution in [2.75, 3.05) is 6.61 Å². The molecule has 0 N–H and O–H groups in total. The minimum atomic E-state index is -0.453. The van der Waals surface area contributed by atoms with Crippen molar-refractivity contribution in [3.8, 4) is 11.5 Å². The Morgan fingerprint density at radius 3 is 2.30 bits per heavy atom. The Kier molecular flexibility index (Phi) is 6.55. The van der Waals surface area contributed by atoms with Crippen LogP contribution in [0.2, 0.25) is 0 Å². The van der Waals surface area contributed by atoms with Gasteiger partial charge in [-0.2, -0.15) is 0 Å². The number of non-ortho nitro benzene ring substituents is 1. The van der Waals surface area contributed by atoms with Crippen molar-refractivity contribution >= 4 is 45.9 Å². The molecule has 166 valence electrons. The molecule has 0 spiro atoms. The van der Waals surface area contributed by atoms with Gasteiger partial charge in [0.1, 0.15) is 6.61 Å². The van der Waals surface area contributed by atoms with Crippen LogP contribution in [0, 0.1) is 13.7 Å². The van der Waals surface area contributed by atoms with Crippen LogP contribution in [0.5, 0.6) is 11.5 Å². The van der Waals surface area contributed by atoms with Gasteiger partial charge >= 0.3 is 0 Å². The summed E-state index contributed by atoms with van der Waals surface area (Å²) in [6.45, 7) is 2.33. The second-order valence-electron chi connectivity index (χ2n) is 7.24. The molecule has 33 heavy (non-hydrogen) atoms. The number of hydrogen-bond donors (Lipinski definition) is 0. The summed E-state index contributed by atoms with van der Waals surface area (Å²) < 4.78 is 12.4. The molecule has 7 nitrogen and oxygen atoms in total. The van der Waals surface area contributed by atoms with E-state index in [-0.39, 0.29) is 29.4 Å². The Morgan fingerprint density at radius 1 is 0.970 bits per heavy atom. The molecule has 0 radical (unpaired) electrons. The highest BCUT2D eigenvalue weighted by Gasteiger charge is 2.32. The van der Waals surface area contributed by atoms with Crippen molar-refractivity contribution in [2.24, 2.45) is 0 Å². The highest BCUT2D eigenvalue weighted by atomic mass is 127. The van der Waals surface area contributed by atoms with E-state index in [4.69, 9.17) is 9.47 Å². The number of fused-ring (bicyclic) bond motifs is 1. The van der Waals surface area contributed by atoms with E-state index < -0.39 is 4.92 Å². The predicted octanol–water partition coefficient (Wildman–Crippen LogP) is 5.64. The third kappa shape index (κ3) is 4.65. The van der Waals surface area contributed by atoms with E-state index >= 15 is 0 Å². The number of hydrogen-bond acceptors (Lipinski definition) is 6. The molecule has 0 bridgehead atoms. The maximum atomic E-state index is 12.7. The predicted molar refractivity (Wildman–Crippen MR) is 131 cm³/mol. The summed E-state index contributed by atoms with van der Waals surface area (Å²) in [4.78, 5) is 36.0. The summed E-state index contributed by atoms with van der Waals surface area (Å²) in [5.74, 6) is 0.347. The first-order chi connectivity index (χ1) is 15.9. The zero-order valence-corrected chi connectivity index (χ0v) is 19.7. The fourth-order valence-electron chi connectivity index (χ4n) is 3.56. The Hall–Kier alpha value is -3.53. The molecule has 0 aromatic heterocycles. The zero-order chi connectivity index (χ0) is 23.5. The minimum Gasteiger partial charge on any atom is -0.490 e. The summed E-state index contributed by atoms with van der Waals surface area (Å²) in [6.07, 6.45) is 1.57. The van der Waals surface area contributed by atoms with Gasteiger partial charge in [0.25, 0.3) is 5.69 Å². The Balaban J connectivity index is 1.63. The van der Waals surface area contributed by atoms with Gasteiger partial charge in [-0.3, -0.25) is 19.7 Å². The van der Waals surface area contributed by atoms with Gasteiger partial charge in [0.15, 0.2) is 23.1 Å². The first kappa shape index (κ1) is 22.7. The maximum Gasteiger partial charge on any atom is 0.269 e. The van der Waals surface area contributed by atoms with Gasteiger partial charge in [-0.05, 0) is 58.9 Å². The van der Waals surface area contributed by atoms with Gasteiger partial charge in [-0.15, -0.1) is 0 Å². The number of carbonyl (C=O) groups excluding carboxylic acids is 2. The number of benzene rings is 3. The lowest BCUT2D eigenvalue weighted by Crippen LogP contribution is -2.03. The van der Waals surface area contributed by atoms with Crippen LogP contribution >= 0.6 is 22.6 Å². The molecule has 1 aliphatic rings. The first-order valence-corrected chi connectivity index (χ1v) is 11.2. The fourth-order valence-corrected chi connectivity index (χ4v) is 4.34. The second-order valence-corrected chi connectivity index (χ2v) is 8.40. The molecule has 0 unspecified atom stereocenters. The topological polar surface area (TPSA) is 95.7 Å². The van der Waals surface area contributed by atoms with Gasteiger partial charge < -0.3 is 9.47 Å². The molecule has 0 heterocycles. The molecule has 4 rings (SSSR count).